The molecular formula is C23H27F3N4O7S. The molecule has 208 valence electrons. The summed E-state index contributed by atoms with van der Waals surface area (Å²) in [5, 5.41) is 5.40. The van der Waals surface area contributed by atoms with E-state index in [4.69, 9.17) is 4.74 Å². The van der Waals surface area contributed by atoms with Gasteiger partial charge in [0.25, 0.3) is 0 Å². The molecule has 1 aliphatic rings. The molecule has 0 spiro atoms. The van der Waals surface area contributed by atoms with Crippen LogP contribution in [0.3, 0.4) is 0 Å². The number of hydrogen-bond donors (Lipinski definition) is 1. The van der Waals surface area contributed by atoms with Crippen LogP contribution in [0, 0.1) is 5.92 Å². The van der Waals surface area contributed by atoms with Crippen LogP contribution >= 0.6 is 0 Å². The topological polar surface area (TPSA) is 149 Å². The molecule has 2 unspecified atom stereocenters. The third-order valence-corrected chi connectivity index (χ3v) is 7.45. The van der Waals surface area contributed by atoms with Crippen LogP contribution in [-0.2, 0) is 36.1 Å². The lowest BCUT2D eigenvalue weighted by molar-refractivity contribution is -0.159. The van der Waals surface area contributed by atoms with Crippen LogP contribution in [0.2, 0.25) is 0 Å². The standard InChI is InChI=1S/C23H27F3N4O7S/c1-2-17(19(32)20-28-22(37-29-20)23(24,25)26)27-21(33)16(12-18(31)30-8-10-36-11-9-30)14-38(34,35)13-15-6-4-3-5-7-15/h3-7,16-17H,2,8-14H2,1H3,(H,27,33). The first kappa shape index (κ1) is 29.2. The molecule has 1 aliphatic heterocycles. The quantitative estimate of drug-likeness (QED) is 0.405. The molecule has 1 N–H and O–H groups in total. The zero-order valence-electron chi connectivity index (χ0n) is 20.4. The van der Waals surface area contributed by atoms with Crippen molar-refractivity contribution >= 4 is 27.4 Å². The summed E-state index contributed by atoms with van der Waals surface area (Å²) in [7, 11) is -3.89. The molecular weight excluding hydrogens is 533 g/mol. The summed E-state index contributed by atoms with van der Waals surface area (Å²) in [5.74, 6) is -7.46. The Kier molecular flexibility index (Phi) is 9.60. The fourth-order valence-corrected chi connectivity index (χ4v) is 5.51. The summed E-state index contributed by atoms with van der Waals surface area (Å²) in [6.07, 6.45) is -5.49. The van der Waals surface area contributed by atoms with Gasteiger partial charge in [-0.3, -0.25) is 14.4 Å². The number of amides is 2. The van der Waals surface area contributed by atoms with Gasteiger partial charge in [0.05, 0.1) is 36.7 Å². The zero-order valence-corrected chi connectivity index (χ0v) is 21.3. The minimum absolute atomic E-state index is 0.0681. The summed E-state index contributed by atoms with van der Waals surface area (Å²) >= 11 is 0. The van der Waals surface area contributed by atoms with Crippen molar-refractivity contribution in [2.45, 2.75) is 37.7 Å². The van der Waals surface area contributed by atoms with Gasteiger partial charge in [-0.1, -0.05) is 42.4 Å². The van der Waals surface area contributed by atoms with Gasteiger partial charge in [-0.25, -0.2) is 8.42 Å². The Morgan fingerprint density at radius 2 is 1.79 bits per heavy atom. The van der Waals surface area contributed by atoms with E-state index >= 15 is 0 Å². The summed E-state index contributed by atoms with van der Waals surface area (Å²) in [5.41, 5.74) is 0.491. The van der Waals surface area contributed by atoms with Crippen LogP contribution in [0.1, 0.15) is 41.8 Å². The Labute approximate surface area is 216 Å². The maximum absolute atomic E-state index is 13.2. The molecule has 11 nitrogen and oxygen atoms in total. The van der Waals surface area contributed by atoms with Crippen molar-refractivity contribution in [3.05, 3.63) is 47.6 Å². The van der Waals surface area contributed by atoms with E-state index in [1.165, 1.54) is 11.8 Å². The summed E-state index contributed by atoms with van der Waals surface area (Å²) < 4.78 is 73.5. The van der Waals surface area contributed by atoms with Gasteiger partial charge in [-0.2, -0.15) is 18.2 Å². The fraction of sp³-hybridized carbons (Fsp3) is 0.522. The van der Waals surface area contributed by atoms with Gasteiger partial charge in [0.2, 0.25) is 23.4 Å². The maximum Gasteiger partial charge on any atom is 0.471 e. The fourth-order valence-electron chi connectivity index (χ4n) is 3.81. The number of rotatable bonds is 11. The molecule has 1 fully saturated rings. The molecule has 3 rings (SSSR count). The molecule has 0 saturated carbocycles. The molecule has 1 saturated heterocycles. The second kappa shape index (κ2) is 12.5. The number of benzene rings is 1. The molecule has 15 heteroatoms. The van der Waals surface area contributed by atoms with Crippen molar-refractivity contribution in [2.24, 2.45) is 5.92 Å². The van der Waals surface area contributed by atoms with Crippen LogP contribution in [0.15, 0.2) is 34.9 Å². The molecule has 0 aliphatic carbocycles. The SMILES string of the molecule is CCC(NC(=O)C(CC(=O)N1CCOCC1)CS(=O)(=O)Cc1ccccc1)C(=O)c1noc(C(F)(F)F)n1. The Hall–Kier alpha value is -3.33. The third-order valence-electron chi connectivity index (χ3n) is 5.77. The number of carbonyl (C=O) groups is 3. The van der Waals surface area contributed by atoms with Crippen molar-refractivity contribution in [3.63, 3.8) is 0 Å². The molecule has 2 aromatic rings. The Morgan fingerprint density at radius 1 is 1.13 bits per heavy atom. The van der Waals surface area contributed by atoms with Gasteiger partial charge in [-0.15, -0.1) is 0 Å². The summed E-state index contributed by atoms with van der Waals surface area (Å²) in [6.45, 7) is 2.63. The predicted molar refractivity (Wildman–Crippen MR) is 125 cm³/mol. The Balaban J connectivity index is 1.78. The van der Waals surface area contributed by atoms with Gasteiger partial charge < -0.3 is 19.5 Å². The smallest absolute Gasteiger partial charge is 0.378 e. The number of nitrogens with zero attached hydrogens (tertiary/aromatic N) is 3. The molecule has 2 heterocycles. The van der Waals surface area contributed by atoms with E-state index in [1.54, 1.807) is 30.3 Å². The molecule has 38 heavy (non-hydrogen) atoms. The van der Waals surface area contributed by atoms with E-state index in [1.807, 2.05) is 0 Å². The molecule has 0 bridgehead atoms. The Bertz CT molecular complexity index is 1230. The third kappa shape index (κ3) is 8.08. The minimum atomic E-state index is -4.96. The number of ketones is 1. The number of hydrogen-bond acceptors (Lipinski definition) is 9. The predicted octanol–water partition coefficient (Wildman–Crippen LogP) is 1.65. The first-order valence-electron chi connectivity index (χ1n) is 11.7. The number of nitrogens with one attached hydrogen (secondary N) is 1. The van der Waals surface area contributed by atoms with E-state index in [0.717, 1.165) is 0 Å². The van der Waals surface area contributed by atoms with E-state index in [-0.39, 0.29) is 25.3 Å². The highest BCUT2D eigenvalue weighted by molar-refractivity contribution is 7.90. The lowest BCUT2D eigenvalue weighted by Gasteiger charge is -2.28. The van der Waals surface area contributed by atoms with Crippen molar-refractivity contribution in [1.82, 2.24) is 20.4 Å². The van der Waals surface area contributed by atoms with E-state index in [2.05, 4.69) is 20.0 Å². The van der Waals surface area contributed by atoms with Crippen molar-refractivity contribution in [2.75, 3.05) is 32.1 Å². The first-order chi connectivity index (χ1) is 17.9. The van der Waals surface area contributed by atoms with Gasteiger partial charge in [0.1, 0.15) is 0 Å². The monoisotopic (exact) mass is 560 g/mol. The van der Waals surface area contributed by atoms with Gasteiger partial charge >= 0.3 is 12.1 Å². The van der Waals surface area contributed by atoms with Crippen molar-refractivity contribution < 1.29 is 45.2 Å². The number of aromatic nitrogens is 2. The molecule has 1 aromatic heterocycles. The number of halogens is 3. The van der Waals surface area contributed by atoms with Gasteiger partial charge in [0.15, 0.2) is 9.84 Å². The summed E-state index contributed by atoms with van der Waals surface area (Å²) in [6, 6.07) is 6.89. The highest BCUT2D eigenvalue weighted by Crippen LogP contribution is 2.27. The molecule has 2 amide bonds. The highest BCUT2D eigenvalue weighted by Gasteiger charge is 2.40. The van der Waals surface area contributed by atoms with Crippen molar-refractivity contribution in [3.8, 4) is 0 Å². The molecule has 2 atom stereocenters. The lowest BCUT2D eigenvalue weighted by Crippen LogP contribution is -2.47. The second-order valence-corrected chi connectivity index (χ2v) is 10.8. The van der Waals surface area contributed by atoms with Gasteiger partial charge in [-0.05, 0) is 12.0 Å². The van der Waals surface area contributed by atoms with Crippen LogP contribution < -0.4 is 5.32 Å². The average Bonchev–Trinajstić information content (AvgIpc) is 3.38. The number of morpholine rings is 1. The molecule has 1 aromatic carbocycles. The number of carbonyl (C=O) groups excluding carboxylic acids is 3. The van der Waals surface area contributed by atoms with Crippen LogP contribution in [0.4, 0.5) is 13.2 Å². The van der Waals surface area contributed by atoms with E-state index in [9.17, 15) is 36.0 Å². The number of ether oxygens (including phenoxy) is 1. The number of Topliss-reactive ketones (excluding diaryl/α,β-unsaturated/α-hetero) is 1. The number of sulfone groups is 1. The lowest BCUT2D eigenvalue weighted by atomic mass is 10.0. The second-order valence-electron chi connectivity index (χ2n) is 8.69. The van der Waals surface area contributed by atoms with Crippen LogP contribution in [0.5, 0.6) is 0 Å². The Morgan fingerprint density at radius 3 is 2.37 bits per heavy atom. The van der Waals surface area contributed by atoms with Crippen molar-refractivity contribution in [1.29, 1.82) is 0 Å². The van der Waals surface area contributed by atoms with Gasteiger partial charge in [0, 0.05) is 19.5 Å². The molecule has 0 radical (unpaired) electrons. The minimum Gasteiger partial charge on any atom is -0.378 e. The van der Waals surface area contributed by atoms with E-state index in [0.29, 0.717) is 18.8 Å². The zero-order chi connectivity index (χ0) is 27.9. The first-order valence-corrected chi connectivity index (χ1v) is 13.6. The normalized spacial score (nSPS) is 16.1. The van der Waals surface area contributed by atoms with Crippen LogP contribution in [-0.4, -0.2) is 79.2 Å². The van der Waals surface area contributed by atoms with Crippen LogP contribution in [0.25, 0.3) is 0 Å². The average molecular weight is 561 g/mol. The highest BCUT2D eigenvalue weighted by atomic mass is 32.2. The van der Waals surface area contributed by atoms with E-state index < -0.39 is 69.5 Å². The largest absolute Gasteiger partial charge is 0.471 e. The summed E-state index contributed by atoms with van der Waals surface area (Å²) in [4.78, 5) is 43.2. The maximum atomic E-state index is 13.2. The number of alkyl halides is 3.